The predicted octanol–water partition coefficient (Wildman–Crippen LogP) is 4.53. The van der Waals surface area contributed by atoms with Crippen molar-refractivity contribution < 1.29 is 14.4 Å². The second kappa shape index (κ2) is 15.2. The zero-order chi connectivity index (χ0) is 28.3. The first-order valence-electron chi connectivity index (χ1n) is 13.8. The first-order chi connectivity index (χ1) is 18.8. The van der Waals surface area contributed by atoms with Crippen molar-refractivity contribution in [2.75, 3.05) is 26.2 Å². The molecule has 0 saturated carbocycles. The standard InChI is InChI=1S/C30H40Cl2N4O3/c1-2-34-29(39)30(20-22-10-5-3-6-11-22)15-9-17-36(21-30)28(38)26(35-27(37)12-7-4-8-16-33)19-23-13-14-24(31)25(32)18-23/h3,5-6,10-11,13-14,18,26H,2,4,7-9,12,15-17,19-21,33H2,1H3,(H,34,39)(H,35,37)/t26-,30+/m1/s1. The summed E-state index contributed by atoms with van der Waals surface area (Å²) in [6.07, 6.45) is 4.93. The normalized spacial score (nSPS) is 17.9. The number of halogens is 2. The van der Waals surface area contributed by atoms with E-state index in [1.54, 1.807) is 17.0 Å². The Bertz CT molecular complexity index is 1110. The number of nitrogens with two attached hydrogens (primary N) is 1. The van der Waals surface area contributed by atoms with E-state index >= 15 is 0 Å². The number of nitrogens with zero attached hydrogens (tertiary/aromatic N) is 1. The fourth-order valence-electron chi connectivity index (χ4n) is 5.26. The zero-order valence-electron chi connectivity index (χ0n) is 22.7. The summed E-state index contributed by atoms with van der Waals surface area (Å²) in [5.41, 5.74) is 6.67. The van der Waals surface area contributed by atoms with Crippen LogP contribution in [0.25, 0.3) is 0 Å². The highest BCUT2D eigenvalue weighted by atomic mass is 35.5. The molecule has 3 amide bonds. The maximum atomic E-state index is 14.0. The third-order valence-corrected chi connectivity index (χ3v) is 8.00. The van der Waals surface area contributed by atoms with Crippen LogP contribution in [0, 0.1) is 5.41 Å². The number of piperidine rings is 1. The topological polar surface area (TPSA) is 105 Å². The average molecular weight is 576 g/mol. The summed E-state index contributed by atoms with van der Waals surface area (Å²) in [5, 5.41) is 6.79. The Morgan fingerprint density at radius 1 is 1.03 bits per heavy atom. The SMILES string of the molecule is CCNC(=O)[C@]1(Cc2ccccc2)CCCN(C(=O)[C@@H](Cc2ccc(Cl)c(Cl)c2)NC(=O)CCCCCN)C1. The molecule has 212 valence electrons. The molecule has 0 bridgehead atoms. The molecule has 1 fully saturated rings. The molecule has 1 saturated heterocycles. The first-order valence-corrected chi connectivity index (χ1v) is 14.6. The number of nitrogens with one attached hydrogen (secondary N) is 2. The Morgan fingerprint density at radius 3 is 2.49 bits per heavy atom. The van der Waals surface area contributed by atoms with E-state index in [0.717, 1.165) is 24.0 Å². The molecule has 9 heteroatoms. The fourth-order valence-corrected chi connectivity index (χ4v) is 5.58. The Kier molecular flexibility index (Phi) is 12.1. The summed E-state index contributed by atoms with van der Waals surface area (Å²) in [6, 6.07) is 14.3. The molecular weight excluding hydrogens is 535 g/mol. The van der Waals surface area contributed by atoms with E-state index in [9.17, 15) is 14.4 Å². The Hall–Kier alpha value is -2.61. The second-order valence-corrected chi connectivity index (χ2v) is 11.2. The van der Waals surface area contributed by atoms with Crippen molar-refractivity contribution in [1.29, 1.82) is 0 Å². The summed E-state index contributed by atoms with van der Waals surface area (Å²) in [5.74, 6) is -0.421. The maximum absolute atomic E-state index is 14.0. The number of benzene rings is 2. The van der Waals surface area contributed by atoms with Crippen LogP contribution in [0.4, 0.5) is 0 Å². The van der Waals surface area contributed by atoms with Crippen LogP contribution in [0.2, 0.25) is 10.0 Å². The van der Waals surface area contributed by atoms with Crippen molar-refractivity contribution >= 4 is 40.9 Å². The molecule has 4 N–H and O–H groups in total. The average Bonchev–Trinajstić information content (AvgIpc) is 2.93. The summed E-state index contributed by atoms with van der Waals surface area (Å²) in [7, 11) is 0. The van der Waals surface area contributed by atoms with E-state index in [2.05, 4.69) is 10.6 Å². The van der Waals surface area contributed by atoms with Crippen LogP contribution in [0.3, 0.4) is 0 Å². The summed E-state index contributed by atoms with van der Waals surface area (Å²) >= 11 is 12.3. The van der Waals surface area contributed by atoms with Crippen LogP contribution in [0.15, 0.2) is 48.5 Å². The summed E-state index contributed by atoms with van der Waals surface area (Å²) < 4.78 is 0. The van der Waals surface area contributed by atoms with Gasteiger partial charge in [0, 0.05) is 32.5 Å². The minimum absolute atomic E-state index is 0.0451. The maximum Gasteiger partial charge on any atom is 0.245 e. The van der Waals surface area contributed by atoms with Gasteiger partial charge in [0.15, 0.2) is 0 Å². The van der Waals surface area contributed by atoms with Gasteiger partial charge >= 0.3 is 0 Å². The Labute approximate surface area is 241 Å². The number of hydrogen-bond acceptors (Lipinski definition) is 4. The van der Waals surface area contributed by atoms with E-state index in [-0.39, 0.29) is 30.7 Å². The van der Waals surface area contributed by atoms with Gasteiger partial charge in [-0.3, -0.25) is 14.4 Å². The van der Waals surface area contributed by atoms with Crippen molar-refractivity contribution in [2.24, 2.45) is 11.1 Å². The molecule has 0 aliphatic carbocycles. The highest BCUT2D eigenvalue weighted by Gasteiger charge is 2.44. The fraction of sp³-hybridized carbons (Fsp3) is 0.500. The smallest absolute Gasteiger partial charge is 0.245 e. The highest BCUT2D eigenvalue weighted by Crippen LogP contribution is 2.35. The lowest BCUT2D eigenvalue weighted by Gasteiger charge is -2.43. The van der Waals surface area contributed by atoms with Crippen LogP contribution in [0.1, 0.15) is 56.6 Å². The lowest BCUT2D eigenvalue weighted by atomic mass is 9.74. The largest absolute Gasteiger partial charge is 0.356 e. The zero-order valence-corrected chi connectivity index (χ0v) is 24.2. The number of amides is 3. The van der Waals surface area contributed by atoms with Crippen molar-refractivity contribution in [3.63, 3.8) is 0 Å². The van der Waals surface area contributed by atoms with Gasteiger partial charge in [0.2, 0.25) is 17.7 Å². The molecule has 3 rings (SSSR count). The molecular formula is C30H40Cl2N4O3. The molecule has 2 atom stereocenters. The van der Waals surface area contributed by atoms with Gasteiger partial charge in [-0.2, -0.15) is 0 Å². The predicted molar refractivity (Wildman–Crippen MR) is 157 cm³/mol. The van der Waals surface area contributed by atoms with Crippen molar-refractivity contribution in [3.8, 4) is 0 Å². The Balaban J connectivity index is 1.83. The van der Waals surface area contributed by atoms with Crippen LogP contribution in [-0.4, -0.2) is 54.8 Å². The first kappa shape index (κ1) is 30.9. The van der Waals surface area contributed by atoms with Crippen LogP contribution in [0.5, 0.6) is 0 Å². The summed E-state index contributed by atoms with van der Waals surface area (Å²) in [6.45, 7) is 3.82. The van der Waals surface area contributed by atoms with Crippen molar-refractivity contribution in [2.45, 2.75) is 64.3 Å². The molecule has 2 aromatic carbocycles. The van der Waals surface area contributed by atoms with Crippen LogP contribution >= 0.6 is 23.2 Å². The number of rotatable bonds is 13. The Morgan fingerprint density at radius 2 is 1.79 bits per heavy atom. The van der Waals surface area contributed by atoms with Gasteiger partial charge in [-0.05, 0) is 68.8 Å². The number of hydrogen-bond donors (Lipinski definition) is 3. The van der Waals surface area contributed by atoms with Crippen LogP contribution in [-0.2, 0) is 27.2 Å². The van der Waals surface area contributed by atoms with Crippen LogP contribution < -0.4 is 16.4 Å². The quantitative estimate of drug-likeness (QED) is 0.306. The molecule has 0 unspecified atom stereocenters. The van der Waals surface area contributed by atoms with Gasteiger partial charge in [0.25, 0.3) is 0 Å². The molecule has 1 heterocycles. The number of carbonyl (C=O) groups excluding carboxylic acids is 3. The minimum Gasteiger partial charge on any atom is -0.356 e. The van der Waals surface area contributed by atoms with Crippen molar-refractivity contribution in [1.82, 2.24) is 15.5 Å². The number of unbranched alkanes of at least 4 members (excludes halogenated alkanes) is 2. The van der Waals surface area contributed by atoms with Gasteiger partial charge in [0.05, 0.1) is 15.5 Å². The number of likely N-dealkylation sites (tertiary alicyclic amines) is 1. The molecule has 39 heavy (non-hydrogen) atoms. The van der Waals surface area contributed by atoms with E-state index in [1.165, 1.54) is 0 Å². The third kappa shape index (κ3) is 8.95. The molecule has 1 aliphatic heterocycles. The summed E-state index contributed by atoms with van der Waals surface area (Å²) in [4.78, 5) is 42.0. The monoisotopic (exact) mass is 574 g/mol. The van der Waals surface area contributed by atoms with E-state index in [1.807, 2.05) is 43.3 Å². The minimum atomic E-state index is -0.786. The van der Waals surface area contributed by atoms with Gasteiger partial charge < -0.3 is 21.3 Å². The van der Waals surface area contributed by atoms with Gasteiger partial charge in [-0.15, -0.1) is 0 Å². The molecule has 0 spiro atoms. The number of carbonyl (C=O) groups is 3. The van der Waals surface area contributed by atoms with Gasteiger partial charge in [-0.1, -0.05) is 66.0 Å². The van der Waals surface area contributed by atoms with Gasteiger partial charge in [-0.25, -0.2) is 0 Å². The molecule has 7 nitrogen and oxygen atoms in total. The lowest BCUT2D eigenvalue weighted by Crippen LogP contribution is -2.58. The third-order valence-electron chi connectivity index (χ3n) is 7.26. The second-order valence-electron chi connectivity index (χ2n) is 10.3. The van der Waals surface area contributed by atoms with Gasteiger partial charge in [0.1, 0.15) is 6.04 Å². The van der Waals surface area contributed by atoms with Crippen molar-refractivity contribution in [3.05, 3.63) is 69.7 Å². The highest BCUT2D eigenvalue weighted by molar-refractivity contribution is 6.42. The van der Waals surface area contributed by atoms with E-state index < -0.39 is 11.5 Å². The van der Waals surface area contributed by atoms with E-state index in [0.29, 0.717) is 61.8 Å². The molecule has 0 radical (unpaired) electrons. The lowest BCUT2D eigenvalue weighted by molar-refractivity contribution is -0.144. The van der Waals surface area contributed by atoms with E-state index in [4.69, 9.17) is 28.9 Å². The molecule has 2 aromatic rings. The molecule has 1 aliphatic rings. The molecule has 0 aromatic heterocycles.